The Morgan fingerprint density at radius 1 is 1.69 bits per heavy atom. The molecule has 16 heavy (non-hydrogen) atoms. The summed E-state index contributed by atoms with van der Waals surface area (Å²) in [4.78, 5) is 5.48. The third kappa shape index (κ3) is 2.95. The molecule has 0 amide bonds. The number of fused-ring (bicyclic) bond motifs is 1. The zero-order valence-electron chi connectivity index (χ0n) is 9.02. The highest BCUT2D eigenvalue weighted by Gasteiger charge is 2.05. The fourth-order valence-electron chi connectivity index (χ4n) is 1.46. The first-order valence-corrected chi connectivity index (χ1v) is 6.36. The van der Waals surface area contributed by atoms with Crippen LogP contribution in [-0.2, 0) is 11.3 Å². The minimum atomic E-state index is 0.00809. The van der Waals surface area contributed by atoms with Gasteiger partial charge in [0.05, 0.1) is 17.7 Å². The van der Waals surface area contributed by atoms with Crippen LogP contribution in [0.2, 0.25) is 0 Å². The average molecular weight is 260 g/mol. The molecule has 0 aliphatic heterocycles. The van der Waals surface area contributed by atoms with E-state index in [2.05, 4.69) is 10.3 Å². The topological polar surface area (TPSA) is 38.6 Å². The predicted molar refractivity (Wildman–Crippen MR) is 66.3 cm³/mol. The van der Waals surface area contributed by atoms with Gasteiger partial charge in [-0.3, -0.25) is 4.40 Å². The summed E-state index contributed by atoms with van der Waals surface area (Å²) in [5, 5.41) is 5.28. The fourth-order valence-corrected chi connectivity index (χ4v) is 2.41. The SMILES string of the molecule is COCC(Cl)CNCc1cn2ccsc2n1. The van der Waals surface area contributed by atoms with Crippen molar-refractivity contribution in [3.05, 3.63) is 23.5 Å². The second-order valence-electron chi connectivity index (χ2n) is 3.51. The first-order valence-electron chi connectivity index (χ1n) is 5.04. The number of thiazole rings is 1. The van der Waals surface area contributed by atoms with Crippen LogP contribution in [0, 0.1) is 0 Å². The van der Waals surface area contributed by atoms with E-state index in [1.165, 1.54) is 0 Å². The molecule has 0 spiro atoms. The van der Waals surface area contributed by atoms with Crippen LogP contribution in [0.4, 0.5) is 0 Å². The minimum absolute atomic E-state index is 0.00809. The first kappa shape index (κ1) is 11.9. The molecule has 2 aromatic rings. The van der Waals surface area contributed by atoms with Crippen molar-refractivity contribution in [2.45, 2.75) is 11.9 Å². The van der Waals surface area contributed by atoms with Crippen molar-refractivity contribution in [3.63, 3.8) is 0 Å². The molecule has 1 unspecified atom stereocenters. The number of halogens is 1. The summed E-state index contributed by atoms with van der Waals surface area (Å²) in [5.74, 6) is 0. The normalized spacial score (nSPS) is 13.4. The van der Waals surface area contributed by atoms with E-state index in [4.69, 9.17) is 16.3 Å². The highest BCUT2D eigenvalue weighted by Crippen LogP contribution is 2.11. The van der Waals surface area contributed by atoms with Gasteiger partial charge in [-0.2, -0.15) is 0 Å². The molecule has 2 rings (SSSR count). The van der Waals surface area contributed by atoms with Crippen LogP contribution in [0.1, 0.15) is 5.69 Å². The highest BCUT2D eigenvalue weighted by molar-refractivity contribution is 7.15. The number of hydrogen-bond acceptors (Lipinski definition) is 4. The van der Waals surface area contributed by atoms with E-state index >= 15 is 0 Å². The maximum Gasteiger partial charge on any atom is 0.193 e. The number of nitrogens with zero attached hydrogens (tertiary/aromatic N) is 2. The number of nitrogens with one attached hydrogen (secondary N) is 1. The van der Waals surface area contributed by atoms with Gasteiger partial charge in [0.2, 0.25) is 0 Å². The quantitative estimate of drug-likeness (QED) is 0.804. The Balaban J connectivity index is 1.80. The van der Waals surface area contributed by atoms with Crippen molar-refractivity contribution in [3.8, 4) is 0 Å². The molecule has 0 fully saturated rings. The van der Waals surface area contributed by atoms with Crippen LogP contribution in [0.3, 0.4) is 0 Å². The van der Waals surface area contributed by atoms with Crippen LogP contribution in [-0.4, -0.2) is 35.0 Å². The molecule has 0 aliphatic carbocycles. The second-order valence-corrected chi connectivity index (χ2v) is 5.00. The van der Waals surface area contributed by atoms with Gasteiger partial charge in [-0.1, -0.05) is 0 Å². The Labute approximate surface area is 103 Å². The van der Waals surface area contributed by atoms with Gasteiger partial charge in [-0.25, -0.2) is 4.98 Å². The summed E-state index contributed by atoms with van der Waals surface area (Å²) < 4.78 is 6.97. The van der Waals surface area contributed by atoms with Crippen molar-refractivity contribution in [2.75, 3.05) is 20.3 Å². The molecule has 0 aliphatic rings. The monoisotopic (exact) mass is 259 g/mol. The van der Waals surface area contributed by atoms with Gasteiger partial charge in [0.1, 0.15) is 0 Å². The second kappa shape index (κ2) is 5.63. The lowest BCUT2D eigenvalue weighted by atomic mass is 10.4. The van der Waals surface area contributed by atoms with E-state index in [1.54, 1.807) is 18.4 Å². The summed E-state index contributed by atoms with van der Waals surface area (Å²) in [6.45, 7) is 2.02. The standard InChI is InChI=1S/C10H14ClN3OS/c1-15-7-8(11)4-12-5-9-6-14-2-3-16-10(14)13-9/h2-3,6,8,12H,4-5,7H2,1H3. The van der Waals surface area contributed by atoms with Crippen LogP contribution in [0.15, 0.2) is 17.8 Å². The molecular formula is C10H14ClN3OS. The highest BCUT2D eigenvalue weighted by atomic mass is 35.5. The van der Waals surface area contributed by atoms with Crippen LogP contribution in [0.25, 0.3) is 4.96 Å². The van der Waals surface area contributed by atoms with E-state index in [0.717, 1.165) is 23.7 Å². The van der Waals surface area contributed by atoms with Crippen molar-refractivity contribution in [1.82, 2.24) is 14.7 Å². The average Bonchev–Trinajstić information content (AvgIpc) is 2.78. The third-order valence-electron chi connectivity index (χ3n) is 2.16. The molecule has 1 atom stereocenters. The van der Waals surface area contributed by atoms with Crippen LogP contribution in [0.5, 0.6) is 0 Å². The summed E-state index contributed by atoms with van der Waals surface area (Å²) >= 11 is 7.63. The number of aromatic nitrogens is 2. The Kier molecular flexibility index (Phi) is 4.17. The Morgan fingerprint density at radius 3 is 3.31 bits per heavy atom. The van der Waals surface area contributed by atoms with Crippen molar-refractivity contribution in [2.24, 2.45) is 0 Å². The van der Waals surface area contributed by atoms with Crippen molar-refractivity contribution in [1.29, 1.82) is 0 Å². The zero-order valence-corrected chi connectivity index (χ0v) is 10.6. The molecule has 2 aromatic heterocycles. The molecule has 88 valence electrons. The molecule has 0 saturated carbocycles. The minimum Gasteiger partial charge on any atom is -0.383 e. The molecule has 1 N–H and O–H groups in total. The van der Waals surface area contributed by atoms with Gasteiger partial charge < -0.3 is 10.1 Å². The molecule has 0 saturated heterocycles. The first-order chi connectivity index (χ1) is 7.79. The number of hydrogen-bond donors (Lipinski definition) is 1. The molecule has 0 bridgehead atoms. The van der Waals surface area contributed by atoms with Gasteiger partial charge in [0.25, 0.3) is 0 Å². The molecule has 0 radical (unpaired) electrons. The lowest BCUT2D eigenvalue weighted by Crippen LogP contribution is -2.25. The van der Waals surface area contributed by atoms with E-state index < -0.39 is 0 Å². The summed E-state index contributed by atoms with van der Waals surface area (Å²) in [7, 11) is 1.65. The number of rotatable bonds is 6. The Bertz CT molecular complexity index is 413. The lowest BCUT2D eigenvalue weighted by molar-refractivity contribution is 0.197. The molecule has 6 heteroatoms. The van der Waals surface area contributed by atoms with Crippen molar-refractivity contribution >= 4 is 27.9 Å². The number of methoxy groups -OCH3 is 1. The van der Waals surface area contributed by atoms with E-state index in [-0.39, 0.29) is 5.38 Å². The Hall–Kier alpha value is -0.620. The van der Waals surface area contributed by atoms with Gasteiger partial charge >= 0.3 is 0 Å². The lowest BCUT2D eigenvalue weighted by Gasteiger charge is -2.08. The molecular weight excluding hydrogens is 246 g/mol. The van der Waals surface area contributed by atoms with E-state index in [9.17, 15) is 0 Å². The number of alkyl halides is 1. The Morgan fingerprint density at radius 2 is 2.56 bits per heavy atom. The number of ether oxygens (including phenoxy) is 1. The van der Waals surface area contributed by atoms with Crippen LogP contribution < -0.4 is 5.32 Å². The van der Waals surface area contributed by atoms with Gasteiger partial charge in [0, 0.05) is 38.0 Å². The fraction of sp³-hybridized carbons (Fsp3) is 0.500. The predicted octanol–water partition coefficient (Wildman–Crippen LogP) is 1.74. The summed E-state index contributed by atoms with van der Waals surface area (Å²) in [5.41, 5.74) is 1.04. The van der Waals surface area contributed by atoms with Gasteiger partial charge in [-0.05, 0) is 0 Å². The van der Waals surface area contributed by atoms with Crippen molar-refractivity contribution < 1.29 is 4.74 Å². The maximum absolute atomic E-state index is 5.99. The third-order valence-corrected chi connectivity index (χ3v) is 3.21. The number of imidazole rings is 1. The molecule has 2 heterocycles. The molecule has 4 nitrogen and oxygen atoms in total. The van der Waals surface area contributed by atoms with E-state index in [1.807, 2.05) is 22.2 Å². The van der Waals surface area contributed by atoms with Gasteiger partial charge in [-0.15, -0.1) is 22.9 Å². The molecule has 0 aromatic carbocycles. The largest absolute Gasteiger partial charge is 0.383 e. The summed E-state index contributed by atoms with van der Waals surface area (Å²) in [6.07, 6.45) is 4.03. The van der Waals surface area contributed by atoms with E-state index in [0.29, 0.717) is 6.61 Å². The smallest absolute Gasteiger partial charge is 0.193 e. The zero-order chi connectivity index (χ0) is 11.4. The maximum atomic E-state index is 5.99. The van der Waals surface area contributed by atoms with Crippen LogP contribution >= 0.6 is 22.9 Å². The van der Waals surface area contributed by atoms with Gasteiger partial charge in [0.15, 0.2) is 4.96 Å². The summed E-state index contributed by atoms with van der Waals surface area (Å²) in [6, 6.07) is 0.